The van der Waals surface area contributed by atoms with Crippen molar-refractivity contribution in [2.45, 2.75) is 5.16 Å². The Morgan fingerprint density at radius 3 is 2.63 bits per heavy atom. The summed E-state index contributed by atoms with van der Waals surface area (Å²) < 4.78 is 25.8. The van der Waals surface area contributed by atoms with E-state index in [1.54, 1.807) is 0 Å². The van der Waals surface area contributed by atoms with Gasteiger partial charge in [-0.25, -0.2) is 13.9 Å². The van der Waals surface area contributed by atoms with E-state index in [4.69, 9.17) is 5.73 Å². The first-order valence-electron chi connectivity index (χ1n) is 5.09. The van der Waals surface area contributed by atoms with Crippen LogP contribution in [0, 0.1) is 11.6 Å². The predicted octanol–water partition coefficient (Wildman–Crippen LogP) is 1.40. The summed E-state index contributed by atoms with van der Waals surface area (Å²) in [6, 6.07) is 2.77. The van der Waals surface area contributed by atoms with E-state index >= 15 is 0 Å². The van der Waals surface area contributed by atoms with Gasteiger partial charge < -0.3 is 11.1 Å². The first kappa shape index (κ1) is 13.3. The van der Waals surface area contributed by atoms with Gasteiger partial charge in [-0.3, -0.25) is 4.79 Å². The Hall–Kier alpha value is -2.16. The lowest BCUT2D eigenvalue weighted by atomic mass is 10.3. The summed E-state index contributed by atoms with van der Waals surface area (Å²) >= 11 is 1.04. The molecule has 0 bridgehead atoms. The number of aromatic amines is 1. The van der Waals surface area contributed by atoms with E-state index in [2.05, 4.69) is 20.5 Å². The molecule has 1 aromatic heterocycles. The fourth-order valence-corrected chi connectivity index (χ4v) is 1.88. The van der Waals surface area contributed by atoms with Gasteiger partial charge in [-0.2, -0.15) is 4.98 Å². The molecule has 1 aromatic carbocycles. The minimum Gasteiger partial charge on any atom is -0.368 e. The highest BCUT2D eigenvalue weighted by Gasteiger charge is 2.08. The molecule has 4 N–H and O–H groups in total. The second-order valence-corrected chi connectivity index (χ2v) is 4.44. The molecule has 0 aliphatic rings. The van der Waals surface area contributed by atoms with Crippen molar-refractivity contribution in [2.24, 2.45) is 0 Å². The predicted molar refractivity (Wildman–Crippen MR) is 66.5 cm³/mol. The largest absolute Gasteiger partial charge is 0.368 e. The molecule has 0 fully saturated rings. The quantitative estimate of drug-likeness (QED) is 0.738. The van der Waals surface area contributed by atoms with Crippen molar-refractivity contribution in [1.29, 1.82) is 0 Å². The topological polar surface area (TPSA) is 96.7 Å². The van der Waals surface area contributed by atoms with Crippen molar-refractivity contribution < 1.29 is 13.6 Å². The molecule has 9 heteroatoms. The number of hydrogen-bond acceptors (Lipinski definition) is 5. The van der Waals surface area contributed by atoms with Gasteiger partial charge in [0.25, 0.3) is 0 Å². The molecule has 100 valence electrons. The number of halogens is 2. The van der Waals surface area contributed by atoms with Crippen LogP contribution in [-0.2, 0) is 4.79 Å². The van der Waals surface area contributed by atoms with E-state index in [0.29, 0.717) is 5.16 Å². The van der Waals surface area contributed by atoms with Gasteiger partial charge in [-0.15, -0.1) is 5.10 Å². The minimum atomic E-state index is -0.760. The molecule has 2 rings (SSSR count). The number of H-pyrrole nitrogens is 1. The molecule has 1 heterocycles. The zero-order valence-corrected chi connectivity index (χ0v) is 10.3. The molecule has 1 amide bonds. The van der Waals surface area contributed by atoms with Crippen LogP contribution in [0.2, 0.25) is 0 Å². The monoisotopic (exact) mass is 285 g/mol. The van der Waals surface area contributed by atoms with Crippen LogP contribution < -0.4 is 11.1 Å². The van der Waals surface area contributed by atoms with Crippen LogP contribution in [0.4, 0.5) is 20.4 Å². The van der Waals surface area contributed by atoms with Crippen LogP contribution in [0.1, 0.15) is 0 Å². The highest BCUT2D eigenvalue weighted by atomic mass is 32.2. The fraction of sp³-hybridized carbons (Fsp3) is 0.100. The lowest BCUT2D eigenvalue weighted by Crippen LogP contribution is -2.14. The van der Waals surface area contributed by atoms with Gasteiger partial charge in [0.2, 0.25) is 17.0 Å². The van der Waals surface area contributed by atoms with Gasteiger partial charge in [-0.05, 0) is 12.1 Å². The number of aromatic nitrogens is 3. The van der Waals surface area contributed by atoms with Crippen molar-refractivity contribution in [1.82, 2.24) is 15.2 Å². The van der Waals surface area contributed by atoms with Crippen LogP contribution >= 0.6 is 11.8 Å². The summed E-state index contributed by atoms with van der Waals surface area (Å²) in [5.74, 6) is -1.81. The number of nitrogens with zero attached hydrogens (tertiary/aromatic N) is 2. The summed E-state index contributed by atoms with van der Waals surface area (Å²) in [4.78, 5) is 15.3. The van der Waals surface area contributed by atoms with Crippen LogP contribution in [-0.4, -0.2) is 26.8 Å². The summed E-state index contributed by atoms with van der Waals surface area (Å²) in [7, 11) is 0. The average molecular weight is 285 g/mol. The SMILES string of the molecule is Nc1nc(SCC(=O)Nc2cc(F)cc(F)c2)n[nH]1. The zero-order chi connectivity index (χ0) is 13.8. The lowest BCUT2D eigenvalue weighted by molar-refractivity contribution is -0.113. The minimum absolute atomic E-state index is 0.00454. The Bertz CT molecular complexity index is 583. The molecular formula is C10H9F2N5OS. The number of carbonyl (C=O) groups is 1. The highest BCUT2D eigenvalue weighted by molar-refractivity contribution is 7.99. The number of benzene rings is 1. The number of thioether (sulfide) groups is 1. The maximum atomic E-state index is 12.9. The molecule has 19 heavy (non-hydrogen) atoms. The third-order valence-corrected chi connectivity index (χ3v) is 2.81. The Labute approximate surface area is 110 Å². The number of hydrogen-bond donors (Lipinski definition) is 3. The highest BCUT2D eigenvalue weighted by Crippen LogP contribution is 2.15. The van der Waals surface area contributed by atoms with Crippen LogP contribution in [0.15, 0.2) is 23.4 Å². The molecule has 0 aliphatic carbocycles. The van der Waals surface area contributed by atoms with Gasteiger partial charge in [0.1, 0.15) is 11.6 Å². The number of carbonyl (C=O) groups excluding carboxylic acids is 1. The van der Waals surface area contributed by atoms with Crippen molar-refractivity contribution >= 4 is 29.3 Å². The van der Waals surface area contributed by atoms with Crippen LogP contribution in [0.25, 0.3) is 0 Å². The van der Waals surface area contributed by atoms with Crippen molar-refractivity contribution in [3.63, 3.8) is 0 Å². The van der Waals surface area contributed by atoms with Crippen molar-refractivity contribution in [3.05, 3.63) is 29.8 Å². The van der Waals surface area contributed by atoms with E-state index in [-0.39, 0.29) is 17.4 Å². The Morgan fingerprint density at radius 2 is 2.05 bits per heavy atom. The second kappa shape index (κ2) is 5.65. The molecular weight excluding hydrogens is 276 g/mol. The molecule has 0 saturated heterocycles. The third-order valence-electron chi connectivity index (χ3n) is 1.96. The van der Waals surface area contributed by atoms with E-state index in [0.717, 1.165) is 30.0 Å². The van der Waals surface area contributed by atoms with Gasteiger partial charge in [0.05, 0.1) is 5.75 Å². The molecule has 0 unspecified atom stereocenters. The van der Waals surface area contributed by atoms with Crippen LogP contribution in [0.5, 0.6) is 0 Å². The molecule has 0 atom stereocenters. The molecule has 0 aliphatic heterocycles. The first-order valence-corrected chi connectivity index (χ1v) is 6.08. The number of nitrogens with one attached hydrogen (secondary N) is 2. The van der Waals surface area contributed by atoms with Gasteiger partial charge in [0.15, 0.2) is 0 Å². The molecule has 0 saturated carbocycles. The number of rotatable bonds is 4. The molecule has 0 radical (unpaired) electrons. The smallest absolute Gasteiger partial charge is 0.234 e. The van der Waals surface area contributed by atoms with Gasteiger partial charge in [-0.1, -0.05) is 11.8 Å². The Morgan fingerprint density at radius 1 is 1.37 bits per heavy atom. The number of anilines is 2. The summed E-state index contributed by atoms with van der Waals surface area (Å²) in [6.07, 6.45) is 0. The fourth-order valence-electron chi connectivity index (χ4n) is 1.28. The summed E-state index contributed by atoms with van der Waals surface area (Å²) in [5, 5.41) is 8.83. The van der Waals surface area contributed by atoms with E-state index < -0.39 is 17.5 Å². The van der Waals surface area contributed by atoms with Crippen LogP contribution in [0.3, 0.4) is 0 Å². The van der Waals surface area contributed by atoms with E-state index in [9.17, 15) is 13.6 Å². The molecule has 0 spiro atoms. The standard InChI is InChI=1S/C10H9F2N5OS/c11-5-1-6(12)3-7(2-5)14-8(18)4-19-10-15-9(13)16-17-10/h1-3H,4H2,(H,14,18)(H3,13,15,16,17). The van der Waals surface area contributed by atoms with Gasteiger partial charge >= 0.3 is 0 Å². The molecule has 2 aromatic rings. The normalized spacial score (nSPS) is 10.4. The van der Waals surface area contributed by atoms with Crippen molar-refractivity contribution in [3.8, 4) is 0 Å². The number of amides is 1. The third kappa shape index (κ3) is 3.91. The maximum Gasteiger partial charge on any atom is 0.234 e. The lowest BCUT2D eigenvalue weighted by Gasteiger charge is -2.04. The second-order valence-electron chi connectivity index (χ2n) is 3.50. The summed E-state index contributed by atoms with van der Waals surface area (Å²) in [5.41, 5.74) is 5.37. The number of nitrogens with two attached hydrogens (primary N) is 1. The maximum absolute atomic E-state index is 12.9. The Kier molecular flexibility index (Phi) is 3.95. The average Bonchev–Trinajstić information content (AvgIpc) is 2.71. The van der Waals surface area contributed by atoms with Crippen molar-refractivity contribution in [2.75, 3.05) is 16.8 Å². The number of nitrogen functional groups attached to an aromatic ring is 1. The zero-order valence-electron chi connectivity index (χ0n) is 9.48. The van der Waals surface area contributed by atoms with E-state index in [1.807, 2.05) is 0 Å². The molecule has 6 nitrogen and oxygen atoms in total. The van der Waals surface area contributed by atoms with Gasteiger partial charge in [0, 0.05) is 11.8 Å². The first-order chi connectivity index (χ1) is 9.02. The Balaban J connectivity index is 1.90. The summed E-state index contributed by atoms with van der Waals surface area (Å²) in [6.45, 7) is 0. The van der Waals surface area contributed by atoms with E-state index in [1.165, 1.54) is 0 Å².